The van der Waals surface area contributed by atoms with Gasteiger partial charge in [-0.2, -0.15) is 0 Å². The molecule has 22 heavy (non-hydrogen) atoms. The summed E-state index contributed by atoms with van der Waals surface area (Å²) in [6.07, 6.45) is 2.44. The fraction of sp³-hybridized carbons (Fsp3) is 0.235. The molecule has 1 aliphatic heterocycles. The molecule has 0 spiro atoms. The second-order valence-corrected chi connectivity index (χ2v) is 6.17. The highest BCUT2D eigenvalue weighted by Crippen LogP contribution is 2.25. The fourth-order valence-corrected chi connectivity index (χ4v) is 3.12. The number of hydrogen-bond donors (Lipinski definition) is 1. The third kappa shape index (κ3) is 3.37. The SMILES string of the molecule is O=C(Nc1cccc(N2CCCC2)c1)c1ccc(Cl)cc1Cl. The molecule has 1 aliphatic rings. The lowest BCUT2D eigenvalue weighted by Crippen LogP contribution is -2.18. The van der Waals surface area contributed by atoms with E-state index in [0.717, 1.165) is 24.5 Å². The van der Waals surface area contributed by atoms with Gasteiger partial charge in [-0.05, 0) is 49.2 Å². The summed E-state index contributed by atoms with van der Waals surface area (Å²) >= 11 is 11.9. The molecule has 5 heteroatoms. The zero-order chi connectivity index (χ0) is 15.5. The van der Waals surface area contributed by atoms with Crippen LogP contribution in [0.1, 0.15) is 23.2 Å². The molecule has 0 saturated carbocycles. The smallest absolute Gasteiger partial charge is 0.257 e. The summed E-state index contributed by atoms with van der Waals surface area (Å²) in [4.78, 5) is 14.7. The van der Waals surface area contributed by atoms with E-state index >= 15 is 0 Å². The standard InChI is InChI=1S/C17H16Cl2N2O/c18-12-6-7-15(16(19)10-12)17(22)20-13-4-3-5-14(11-13)21-8-1-2-9-21/h3-7,10-11H,1-2,8-9H2,(H,20,22). The molecule has 1 N–H and O–H groups in total. The molecule has 0 bridgehead atoms. The molecule has 1 heterocycles. The summed E-state index contributed by atoms with van der Waals surface area (Å²) in [5.74, 6) is -0.236. The van der Waals surface area contributed by atoms with Gasteiger partial charge in [0.15, 0.2) is 0 Å². The van der Waals surface area contributed by atoms with E-state index in [2.05, 4.69) is 16.3 Å². The average molecular weight is 335 g/mol. The highest BCUT2D eigenvalue weighted by molar-refractivity contribution is 6.37. The Balaban J connectivity index is 1.77. The number of anilines is 2. The quantitative estimate of drug-likeness (QED) is 0.870. The van der Waals surface area contributed by atoms with E-state index in [1.165, 1.54) is 12.8 Å². The molecule has 1 amide bonds. The van der Waals surface area contributed by atoms with Crippen LogP contribution in [-0.2, 0) is 0 Å². The first-order valence-corrected chi connectivity index (χ1v) is 8.00. The Kier molecular flexibility index (Phi) is 4.55. The van der Waals surface area contributed by atoms with Crippen LogP contribution in [0.3, 0.4) is 0 Å². The molecule has 0 unspecified atom stereocenters. The summed E-state index contributed by atoms with van der Waals surface area (Å²) in [5, 5.41) is 3.75. The number of rotatable bonds is 3. The molecule has 3 nitrogen and oxygen atoms in total. The Morgan fingerprint density at radius 1 is 1.05 bits per heavy atom. The number of nitrogens with zero attached hydrogens (tertiary/aromatic N) is 1. The van der Waals surface area contributed by atoms with Gasteiger partial charge in [0.05, 0.1) is 10.6 Å². The van der Waals surface area contributed by atoms with Crippen molar-refractivity contribution in [2.45, 2.75) is 12.8 Å². The van der Waals surface area contributed by atoms with Gasteiger partial charge in [-0.1, -0.05) is 29.3 Å². The minimum Gasteiger partial charge on any atom is -0.371 e. The predicted octanol–water partition coefficient (Wildman–Crippen LogP) is 4.85. The van der Waals surface area contributed by atoms with Gasteiger partial charge in [-0.15, -0.1) is 0 Å². The Hall–Kier alpha value is -1.71. The molecule has 2 aromatic rings. The van der Waals surface area contributed by atoms with E-state index < -0.39 is 0 Å². The van der Waals surface area contributed by atoms with Crippen LogP contribution in [-0.4, -0.2) is 19.0 Å². The second-order valence-electron chi connectivity index (χ2n) is 5.32. The van der Waals surface area contributed by atoms with Crippen molar-refractivity contribution in [2.75, 3.05) is 23.3 Å². The van der Waals surface area contributed by atoms with Gasteiger partial charge < -0.3 is 10.2 Å². The maximum absolute atomic E-state index is 12.3. The van der Waals surface area contributed by atoms with Crippen LogP contribution >= 0.6 is 23.2 Å². The van der Waals surface area contributed by atoms with Gasteiger partial charge in [0.2, 0.25) is 0 Å². The lowest BCUT2D eigenvalue weighted by Gasteiger charge is -2.18. The van der Waals surface area contributed by atoms with Gasteiger partial charge >= 0.3 is 0 Å². The van der Waals surface area contributed by atoms with Crippen LogP contribution in [0.15, 0.2) is 42.5 Å². The summed E-state index contributed by atoms with van der Waals surface area (Å²) in [5.41, 5.74) is 2.32. The Morgan fingerprint density at radius 2 is 1.82 bits per heavy atom. The summed E-state index contributed by atoms with van der Waals surface area (Å²) in [6, 6.07) is 12.7. The van der Waals surface area contributed by atoms with Crippen LogP contribution in [0.25, 0.3) is 0 Å². The van der Waals surface area contributed by atoms with Gasteiger partial charge in [0.25, 0.3) is 5.91 Å². The van der Waals surface area contributed by atoms with E-state index in [1.807, 2.05) is 18.2 Å². The van der Waals surface area contributed by atoms with Gasteiger partial charge in [-0.3, -0.25) is 4.79 Å². The van der Waals surface area contributed by atoms with Crippen molar-refractivity contribution in [1.82, 2.24) is 0 Å². The maximum atomic E-state index is 12.3. The van der Waals surface area contributed by atoms with Crippen molar-refractivity contribution in [1.29, 1.82) is 0 Å². The number of benzene rings is 2. The zero-order valence-corrected chi connectivity index (χ0v) is 13.5. The van der Waals surface area contributed by atoms with Crippen LogP contribution in [0.4, 0.5) is 11.4 Å². The van der Waals surface area contributed by atoms with Gasteiger partial charge in [0.1, 0.15) is 0 Å². The summed E-state index contributed by atoms with van der Waals surface area (Å²) in [6.45, 7) is 2.14. The molecule has 1 fully saturated rings. The lowest BCUT2D eigenvalue weighted by atomic mass is 10.2. The fourth-order valence-electron chi connectivity index (χ4n) is 2.63. The maximum Gasteiger partial charge on any atom is 0.257 e. The van der Waals surface area contributed by atoms with Crippen molar-refractivity contribution in [2.24, 2.45) is 0 Å². The Labute approximate surface area is 139 Å². The average Bonchev–Trinajstić information content (AvgIpc) is 3.01. The monoisotopic (exact) mass is 334 g/mol. The molecule has 0 aromatic heterocycles. The van der Waals surface area contributed by atoms with Crippen LogP contribution in [0.2, 0.25) is 10.0 Å². The number of carbonyl (C=O) groups excluding carboxylic acids is 1. The minimum atomic E-state index is -0.236. The zero-order valence-electron chi connectivity index (χ0n) is 12.0. The van der Waals surface area contributed by atoms with Gasteiger partial charge in [0, 0.05) is 29.5 Å². The number of nitrogens with one attached hydrogen (secondary N) is 1. The van der Waals surface area contributed by atoms with Crippen LogP contribution in [0.5, 0.6) is 0 Å². The van der Waals surface area contributed by atoms with E-state index in [0.29, 0.717) is 15.6 Å². The minimum absolute atomic E-state index is 0.236. The second kappa shape index (κ2) is 6.59. The largest absolute Gasteiger partial charge is 0.371 e. The molecular formula is C17H16Cl2N2O. The molecule has 2 aromatic carbocycles. The first-order valence-electron chi connectivity index (χ1n) is 7.25. The van der Waals surface area contributed by atoms with Crippen LogP contribution < -0.4 is 10.2 Å². The topological polar surface area (TPSA) is 32.3 Å². The van der Waals surface area contributed by atoms with E-state index in [1.54, 1.807) is 18.2 Å². The molecule has 0 radical (unpaired) electrons. The Morgan fingerprint density at radius 3 is 2.55 bits per heavy atom. The highest BCUT2D eigenvalue weighted by atomic mass is 35.5. The van der Waals surface area contributed by atoms with E-state index in [-0.39, 0.29) is 5.91 Å². The summed E-state index contributed by atoms with van der Waals surface area (Å²) < 4.78 is 0. The van der Waals surface area contributed by atoms with Crippen molar-refractivity contribution < 1.29 is 4.79 Å². The molecule has 114 valence electrons. The van der Waals surface area contributed by atoms with E-state index in [4.69, 9.17) is 23.2 Å². The van der Waals surface area contributed by atoms with Crippen molar-refractivity contribution in [3.8, 4) is 0 Å². The Bertz CT molecular complexity index is 697. The van der Waals surface area contributed by atoms with Crippen molar-refractivity contribution in [3.63, 3.8) is 0 Å². The molecule has 0 aliphatic carbocycles. The number of halogens is 2. The van der Waals surface area contributed by atoms with Crippen molar-refractivity contribution >= 4 is 40.5 Å². The van der Waals surface area contributed by atoms with Gasteiger partial charge in [-0.25, -0.2) is 0 Å². The summed E-state index contributed by atoms with van der Waals surface area (Å²) in [7, 11) is 0. The lowest BCUT2D eigenvalue weighted by molar-refractivity contribution is 0.102. The molecular weight excluding hydrogens is 319 g/mol. The van der Waals surface area contributed by atoms with Crippen LogP contribution in [0, 0.1) is 0 Å². The number of amides is 1. The molecule has 3 rings (SSSR count). The third-order valence-electron chi connectivity index (χ3n) is 3.75. The number of carbonyl (C=O) groups is 1. The molecule has 0 atom stereocenters. The van der Waals surface area contributed by atoms with Crippen molar-refractivity contribution in [3.05, 3.63) is 58.1 Å². The third-order valence-corrected chi connectivity index (χ3v) is 4.30. The normalized spacial score (nSPS) is 14.2. The number of hydrogen-bond acceptors (Lipinski definition) is 2. The first kappa shape index (κ1) is 15.2. The highest BCUT2D eigenvalue weighted by Gasteiger charge is 2.14. The first-order chi connectivity index (χ1) is 10.6. The van der Waals surface area contributed by atoms with E-state index in [9.17, 15) is 4.79 Å². The molecule has 1 saturated heterocycles. The predicted molar refractivity (Wildman–Crippen MR) is 92.3 cm³/mol.